The minimum atomic E-state index is -3.70. The van der Waals surface area contributed by atoms with Crippen molar-refractivity contribution in [2.75, 3.05) is 13.1 Å². The van der Waals surface area contributed by atoms with Gasteiger partial charge in [-0.15, -0.1) is 0 Å². The quantitative estimate of drug-likeness (QED) is 0.759. The van der Waals surface area contributed by atoms with Crippen molar-refractivity contribution in [2.45, 2.75) is 18.2 Å². The fourth-order valence-electron chi connectivity index (χ4n) is 1.76. The molecule has 0 N–H and O–H groups in total. The van der Waals surface area contributed by atoms with Crippen LogP contribution in [0.5, 0.6) is 0 Å². The third-order valence-corrected chi connectivity index (χ3v) is 4.75. The molecule has 0 fully saturated rings. The van der Waals surface area contributed by atoms with Gasteiger partial charge in [-0.2, -0.15) is 4.31 Å². The van der Waals surface area contributed by atoms with Crippen LogP contribution in [-0.4, -0.2) is 25.8 Å². The molecule has 1 aromatic carbocycles. The van der Waals surface area contributed by atoms with Crippen LogP contribution < -0.4 is 0 Å². The highest BCUT2D eigenvalue weighted by Crippen LogP contribution is 2.22. The van der Waals surface area contributed by atoms with Gasteiger partial charge in [-0.3, -0.25) is 0 Å². The summed E-state index contributed by atoms with van der Waals surface area (Å²) in [4.78, 5) is -0.243. The van der Waals surface area contributed by atoms with Crippen LogP contribution in [0.1, 0.15) is 13.3 Å². The van der Waals surface area contributed by atoms with E-state index in [0.717, 1.165) is 6.07 Å². The average molecular weight is 255 g/mol. The number of sulfonamides is 1. The van der Waals surface area contributed by atoms with Crippen LogP contribution in [0.3, 0.4) is 0 Å². The van der Waals surface area contributed by atoms with Crippen LogP contribution in [-0.2, 0) is 10.0 Å². The smallest absolute Gasteiger partial charge is 0.207 e. The summed E-state index contributed by atoms with van der Waals surface area (Å²) in [7, 11) is -3.70. The van der Waals surface area contributed by atoms with E-state index in [1.54, 1.807) is 0 Å². The highest BCUT2D eigenvalue weighted by molar-refractivity contribution is 7.89. The van der Waals surface area contributed by atoms with Gasteiger partial charge in [-0.05, 0) is 25.5 Å². The van der Waals surface area contributed by atoms with Gasteiger partial charge in [-0.25, -0.2) is 12.8 Å². The Bertz CT molecular complexity index is 551. The van der Waals surface area contributed by atoms with Crippen LogP contribution in [0.2, 0.25) is 0 Å². The van der Waals surface area contributed by atoms with Crippen molar-refractivity contribution in [3.63, 3.8) is 0 Å². The van der Waals surface area contributed by atoms with Crippen LogP contribution >= 0.6 is 0 Å². The number of nitrogens with zero attached hydrogens (tertiary/aromatic N) is 1. The Balaban J connectivity index is 2.35. The first-order chi connectivity index (χ1) is 8.01. The standard InChI is InChI=1S/C12H14FNO2S/c1-10-6-8-14(9-7-10)17(15,16)12-5-3-2-4-11(12)13/h2-6H,7-9H2,1H3. The molecule has 92 valence electrons. The lowest BCUT2D eigenvalue weighted by atomic mass is 10.1. The molecule has 1 aliphatic heterocycles. The zero-order valence-electron chi connectivity index (χ0n) is 9.56. The first-order valence-corrected chi connectivity index (χ1v) is 6.86. The Morgan fingerprint density at radius 3 is 2.59 bits per heavy atom. The van der Waals surface area contributed by atoms with Crippen LogP contribution in [0.4, 0.5) is 4.39 Å². The maximum absolute atomic E-state index is 13.5. The number of hydrogen-bond donors (Lipinski definition) is 0. The molecule has 0 amide bonds. The maximum Gasteiger partial charge on any atom is 0.246 e. The predicted octanol–water partition coefficient (Wildman–Crippen LogP) is 2.17. The normalized spacial score (nSPS) is 17.9. The number of benzene rings is 1. The molecule has 0 aliphatic carbocycles. The minimum Gasteiger partial charge on any atom is -0.207 e. The molecule has 0 saturated carbocycles. The van der Waals surface area contributed by atoms with E-state index >= 15 is 0 Å². The molecule has 0 aromatic heterocycles. The fourth-order valence-corrected chi connectivity index (χ4v) is 3.21. The van der Waals surface area contributed by atoms with E-state index in [1.807, 2.05) is 13.0 Å². The van der Waals surface area contributed by atoms with E-state index in [2.05, 4.69) is 0 Å². The fraction of sp³-hybridized carbons (Fsp3) is 0.333. The lowest BCUT2D eigenvalue weighted by molar-refractivity contribution is 0.427. The van der Waals surface area contributed by atoms with Gasteiger partial charge in [0.25, 0.3) is 0 Å². The Labute approximate surface area is 101 Å². The Morgan fingerprint density at radius 1 is 1.29 bits per heavy atom. The van der Waals surface area contributed by atoms with E-state index < -0.39 is 15.8 Å². The molecule has 0 unspecified atom stereocenters. The number of hydrogen-bond acceptors (Lipinski definition) is 2. The summed E-state index contributed by atoms with van der Waals surface area (Å²) >= 11 is 0. The van der Waals surface area contributed by atoms with Gasteiger partial charge in [0.05, 0.1) is 0 Å². The summed E-state index contributed by atoms with van der Waals surface area (Å²) in [5.41, 5.74) is 1.17. The highest BCUT2D eigenvalue weighted by Gasteiger charge is 2.27. The molecule has 0 atom stereocenters. The van der Waals surface area contributed by atoms with Gasteiger partial charge < -0.3 is 0 Å². The van der Waals surface area contributed by atoms with Crippen molar-refractivity contribution in [3.8, 4) is 0 Å². The van der Waals surface area contributed by atoms with E-state index in [0.29, 0.717) is 19.5 Å². The number of halogens is 1. The molecule has 1 aliphatic rings. The Hall–Kier alpha value is -1.20. The summed E-state index contributed by atoms with van der Waals surface area (Å²) in [6, 6.07) is 5.48. The zero-order valence-corrected chi connectivity index (χ0v) is 10.4. The predicted molar refractivity (Wildman–Crippen MR) is 63.5 cm³/mol. The molecular formula is C12H14FNO2S. The molecule has 0 spiro atoms. The third kappa shape index (κ3) is 2.40. The molecule has 1 aromatic rings. The van der Waals surface area contributed by atoms with Crippen molar-refractivity contribution in [2.24, 2.45) is 0 Å². The summed E-state index contributed by atoms with van der Waals surface area (Å²) in [5.74, 6) is -0.696. The number of rotatable bonds is 2. The SMILES string of the molecule is CC1=CCN(S(=O)(=O)c2ccccc2F)CC1. The lowest BCUT2D eigenvalue weighted by Gasteiger charge is -2.24. The molecule has 5 heteroatoms. The molecular weight excluding hydrogens is 241 g/mol. The summed E-state index contributed by atoms with van der Waals surface area (Å²) in [6.45, 7) is 2.70. The molecule has 0 saturated heterocycles. The largest absolute Gasteiger partial charge is 0.246 e. The molecule has 0 radical (unpaired) electrons. The van der Waals surface area contributed by atoms with Crippen molar-refractivity contribution in [1.82, 2.24) is 4.31 Å². The minimum absolute atomic E-state index is 0.243. The van der Waals surface area contributed by atoms with Crippen LogP contribution in [0, 0.1) is 5.82 Å². The van der Waals surface area contributed by atoms with Gasteiger partial charge in [0.2, 0.25) is 10.0 Å². The van der Waals surface area contributed by atoms with Crippen molar-refractivity contribution >= 4 is 10.0 Å². The van der Waals surface area contributed by atoms with Crippen molar-refractivity contribution in [3.05, 3.63) is 41.7 Å². The van der Waals surface area contributed by atoms with E-state index in [1.165, 1.54) is 28.1 Å². The average Bonchev–Trinajstić information content (AvgIpc) is 2.30. The second-order valence-electron chi connectivity index (χ2n) is 4.09. The zero-order chi connectivity index (χ0) is 12.5. The van der Waals surface area contributed by atoms with E-state index in [-0.39, 0.29) is 4.90 Å². The molecule has 17 heavy (non-hydrogen) atoms. The molecule has 0 bridgehead atoms. The Morgan fingerprint density at radius 2 is 2.00 bits per heavy atom. The van der Waals surface area contributed by atoms with Gasteiger partial charge >= 0.3 is 0 Å². The summed E-state index contributed by atoms with van der Waals surface area (Å²) in [5, 5.41) is 0. The summed E-state index contributed by atoms with van der Waals surface area (Å²) in [6.07, 6.45) is 2.57. The topological polar surface area (TPSA) is 37.4 Å². The van der Waals surface area contributed by atoms with Crippen molar-refractivity contribution < 1.29 is 12.8 Å². The highest BCUT2D eigenvalue weighted by atomic mass is 32.2. The third-order valence-electron chi connectivity index (χ3n) is 2.85. The first kappa shape index (κ1) is 12.3. The maximum atomic E-state index is 13.5. The first-order valence-electron chi connectivity index (χ1n) is 5.42. The van der Waals surface area contributed by atoms with Crippen molar-refractivity contribution in [1.29, 1.82) is 0 Å². The second-order valence-corrected chi connectivity index (χ2v) is 6.00. The lowest BCUT2D eigenvalue weighted by Crippen LogP contribution is -2.35. The second kappa shape index (κ2) is 4.58. The monoisotopic (exact) mass is 255 g/mol. The molecule has 3 nitrogen and oxygen atoms in total. The summed E-state index contributed by atoms with van der Waals surface area (Å²) < 4.78 is 39.1. The van der Waals surface area contributed by atoms with Gasteiger partial charge in [0.1, 0.15) is 10.7 Å². The van der Waals surface area contributed by atoms with Crippen LogP contribution in [0.25, 0.3) is 0 Å². The Kier molecular flexibility index (Phi) is 3.31. The van der Waals surface area contributed by atoms with Gasteiger partial charge in [0.15, 0.2) is 0 Å². The molecule has 1 heterocycles. The van der Waals surface area contributed by atoms with E-state index in [4.69, 9.17) is 0 Å². The van der Waals surface area contributed by atoms with Crippen LogP contribution in [0.15, 0.2) is 40.8 Å². The van der Waals surface area contributed by atoms with Gasteiger partial charge in [0, 0.05) is 13.1 Å². The van der Waals surface area contributed by atoms with Gasteiger partial charge in [-0.1, -0.05) is 23.8 Å². The van der Waals surface area contributed by atoms with E-state index in [9.17, 15) is 12.8 Å². The molecule has 2 rings (SSSR count).